The van der Waals surface area contributed by atoms with Crippen LogP contribution in [0.4, 0.5) is 10.5 Å². The highest BCUT2D eigenvalue weighted by molar-refractivity contribution is 5.89. The highest BCUT2D eigenvalue weighted by Crippen LogP contribution is 2.20. The molecule has 1 fully saturated rings. The monoisotopic (exact) mass is 264 g/mol. The number of rotatable bonds is 5. The minimum absolute atomic E-state index is 0.00304. The van der Waals surface area contributed by atoms with Gasteiger partial charge in [0.15, 0.2) is 0 Å². The van der Waals surface area contributed by atoms with E-state index in [1.165, 1.54) is 7.11 Å². The Morgan fingerprint density at radius 3 is 2.89 bits per heavy atom. The van der Waals surface area contributed by atoms with Gasteiger partial charge in [0, 0.05) is 12.8 Å². The molecule has 1 aliphatic rings. The standard InChI is InChI=1S/C13H16N2O4/c1-18-9-12(16)14-7-11-8-15(13(17)19-11)10-5-3-2-4-6-10/h2-6,11H,7-9H2,1H3,(H,14,16). The molecule has 0 bridgehead atoms. The number of methoxy groups -OCH3 is 1. The van der Waals surface area contributed by atoms with E-state index < -0.39 is 6.09 Å². The van der Waals surface area contributed by atoms with Gasteiger partial charge in [-0.3, -0.25) is 9.69 Å². The first-order valence-corrected chi connectivity index (χ1v) is 5.99. The van der Waals surface area contributed by atoms with Crippen LogP contribution in [0, 0.1) is 0 Å². The Kier molecular flexibility index (Phi) is 4.35. The summed E-state index contributed by atoms with van der Waals surface area (Å²) in [5.41, 5.74) is 0.790. The van der Waals surface area contributed by atoms with Crippen LogP contribution in [0.2, 0.25) is 0 Å². The predicted molar refractivity (Wildman–Crippen MR) is 68.9 cm³/mol. The van der Waals surface area contributed by atoms with Crippen LogP contribution in [0.25, 0.3) is 0 Å². The quantitative estimate of drug-likeness (QED) is 0.853. The van der Waals surface area contributed by atoms with Crippen molar-refractivity contribution in [1.29, 1.82) is 0 Å². The van der Waals surface area contributed by atoms with Gasteiger partial charge in [-0.15, -0.1) is 0 Å². The lowest BCUT2D eigenvalue weighted by atomic mass is 10.2. The third-order valence-electron chi connectivity index (χ3n) is 2.74. The summed E-state index contributed by atoms with van der Waals surface area (Å²) in [4.78, 5) is 24.5. The molecule has 19 heavy (non-hydrogen) atoms. The molecule has 6 heteroatoms. The second kappa shape index (κ2) is 6.19. The average Bonchev–Trinajstić information content (AvgIpc) is 2.79. The van der Waals surface area contributed by atoms with Crippen molar-refractivity contribution in [3.63, 3.8) is 0 Å². The van der Waals surface area contributed by atoms with E-state index in [0.29, 0.717) is 6.54 Å². The summed E-state index contributed by atoms with van der Waals surface area (Å²) >= 11 is 0. The zero-order chi connectivity index (χ0) is 13.7. The van der Waals surface area contributed by atoms with Gasteiger partial charge >= 0.3 is 6.09 Å². The molecule has 1 aromatic carbocycles. The molecule has 0 aromatic heterocycles. The smallest absolute Gasteiger partial charge is 0.414 e. The molecular weight excluding hydrogens is 248 g/mol. The van der Waals surface area contributed by atoms with Crippen molar-refractivity contribution in [3.8, 4) is 0 Å². The lowest BCUT2D eigenvalue weighted by molar-refractivity contribution is -0.125. The molecule has 1 aromatic rings. The fraction of sp³-hybridized carbons (Fsp3) is 0.385. The van der Waals surface area contributed by atoms with Crippen LogP contribution >= 0.6 is 0 Å². The summed E-state index contributed by atoms with van der Waals surface area (Å²) in [6.45, 7) is 0.719. The maximum Gasteiger partial charge on any atom is 0.414 e. The van der Waals surface area contributed by atoms with E-state index in [1.807, 2.05) is 30.3 Å². The molecule has 1 aliphatic heterocycles. The summed E-state index contributed by atoms with van der Waals surface area (Å²) in [5.74, 6) is -0.225. The Hall–Kier alpha value is -2.08. The second-order valence-electron chi connectivity index (χ2n) is 4.19. The molecule has 1 heterocycles. The maximum absolute atomic E-state index is 11.7. The number of carbonyl (C=O) groups excluding carboxylic acids is 2. The van der Waals surface area contributed by atoms with Crippen LogP contribution in [0.15, 0.2) is 30.3 Å². The van der Waals surface area contributed by atoms with E-state index >= 15 is 0 Å². The molecule has 0 saturated carbocycles. The van der Waals surface area contributed by atoms with Crippen molar-refractivity contribution in [3.05, 3.63) is 30.3 Å². The maximum atomic E-state index is 11.7. The highest BCUT2D eigenvalue weighted by Gasteiger charge is 2.32. The van der Waals surface area contributed by atoms with Gasteiger partial charge in [0.25, 0.3) is 0 Å². The Morgan fingerprint density at radius 2 is 2.21 bits per heavy atom. The van der Waals surface area contributed by atoms with E-state index in [0.717, 1.165) is 5.69 Å². The fourth-order valence-corrected chi connectivity index (χ4v) is 1.86. The normalized spacial score (nSPS) is 18.3. The number of hydrogen-bond donors (Lipinski definition) is 1. The van der Waals surface area contributed by atoms with Crippen molar-refractivity contribution >= 4 is 17.7 Å². The Balaban J connectivity index is 1.88. The van der Waals surface area contributed by atoms with E-state index in [-0.39, 0.29) is 25.2 Å². The summed E-state index contributed by atoms with van der Waals surface area (Å²) < 4.78 is 9.89. The van der Waals surface area contributed by atoms with Crippen LogP contribution < -0.4 is 10.2 Å². The van der Waals surface area contributed by atoms with E-state index in [9.17, 15) is 9.59 Å². The minimum Gasteiger partial charge on any atom is -0.442 e. The van der Waals surface area contributed by atoms with Crippen molar-refractivity contribution < 1.29 is 19.1 Å². The molecule has 1 atom stereocenters. The van der Waals surface area contributed by atoms with E-state index in [2.05, 4.69) is 5.32 Å². The molecule has 6 nitrogen and oxygen atoms in total. The number of cyclic esters (lactones) is 1. The molecule has 1 unspecified atom stereocenters. The van der Waals surface area contributed by atoms with E-state index in [4.69, 9.17) is 9.47 Å². The van der Waals surface area contributed by atoms with Gasteiger partial charge in [0.2, 0.25) is 5.91 Å². The van der Waals surface area contributed by atoms with Gasteiger partial charge in [-0.1, -0.05) is 18.2 Å². The molecule has 0 spiro atoms. The average molecular weight is 264 g/mol. The number of ether oxygens (including phenoxy) is 2. The topological polar surface area (TPSA) is 67.9 Å². The number of nitrogens with zero attached hydrogens (tertiary/aromatic N) is 1. The summed E-state index contributed by atoms with van der Waals surface area (Å²) in [6.07, 6.45) is -0.731. The van der Waals surface area contributed by atoms with Gasteiger partial charge in [-0.25, -0.2) is 4.79 Å². The molecule has 1 N–H and O–H groups in total. The van der Waals surface area contributed by atoms with Crippen LogP contribution in [-0.2, 0) is 14.3 Å². The molecule has 2 rings (SSSR count). The second-order valence-corrected chi connectivity index (χ2v) is 4.19. The summed E-state index contributed by atoms with van der Waals surface area (Å²) in [7, 11) is 1.45. The number of nitrogens with one attached hydrogen (secondary N) is 1. The number of hydrogen-bond acceptors (Lipinski definition) is 4. The first-order chi connectivity index (χ1) is 9.20. The van der Waals surface area contributed by atoms with Gasteiger partial charge in [0.1, 0.15) is 12.7 Å². The first-order valence-electron chi connectivity index (χ1n) is 5.99. The van der Waals surface area contributed by atoms with E-state index in [1.54, 1.807) is 4.90 Å². The van der Waals surface area contributed by atoms with Gasteiger partial charge in [0.05, 0.1) is 13.1 Å². The first kappa shape index (κ1) is 13.4. The minimum atomic E-state index is -0.391. The highest BCUT2D eigenvalue weighted by atomic mass is 16.6. The summed E-state index contributed by atoms with van der Waals surface area (Å²) in [5, 5.41) is 2.65. The Bertz CT molecular complexity index is 449. The third-order valence-corrected chi connectivity index (χ3v) is 2.74. The van der Waals surface area contributed by atoms with Gasteiger partial charge in [-0.2, -0.15) is 0 Å². The van der Waals surface area contributed by atoms with Gasteiger partial charge < -0.3 is 14.8 Å². The number of benzene rings is 1. The third kappa shape index (κ3) is 3.45. The van der Waals surface area contributed by atoms with Crippen LogP contribution in [0.1, 0.15) is 0 Å². The van der Waals surface area contributed by atoms with Crippen molar-refractivity contribution in [2.45, 2.75) is 6.10 Å². The molecule has 0 radical (unpaired) electrons. The SMILES string of the molecule is COCC(=O)NCC1CN(c2ccccc2)C(=O)O1. The molecule has 102 valence electrons. The van der Waals surface area contributed by atoms with Crippen LogP contribution in [-0.4, -0.2) is 44.9 Å². The Morgan fingerprint density at radius 1 is 1.47 bits per heavy atom. The number of carbonyl (C=O) groups is 2. The van der Waals surface area contributed by atoms with Crippen LogP contribution in [0.3, 0.4) is 0 Å². The number of amides is 2. The zero-order valence-electron chi connectivity index (χ0n) is 10.7. The number of anilines is 1. The zero-order valence-corrected chi connectivity index (χ0v) is 10.7. The molecule has 0 aliphatic carbocycles. The lowest BCUT2D eigenvalue weighted by Gasteiger charge is -2.12. The summed E-state index contributed by atoms with van der Waals surface area (Å²) in [6, 6.07) is 9.28. The molecule has 2 amide bonds. The fourth-order valence-electron chi connectivity index (χ4n) is 1.86. The van der Waals surface area contributed by atoms with Gasteiger partial charge in [-0.05, 0) is 12.1 Å². The lowest BCUT2D eigenvalue weighted by Crippen LogP contribution is -2.36. The molecule has 1 saturated heterocycles. The largest absolute Gasteiger partial charge is 0.442 e. The van der Waals surface area contributed by atoms with Crippen molar-refractivity contribution in [1.82, 2.24) is 5.32 Å². The number of para-hydroxylation sites is 1. The van der Waals surface area contributed by atoms with Crippen molar-refractivity contribution in [2.24, 2.45) is 0 Å². The Labute approximate surface area is 111 Å². The van der Waals surface area contributed by atoms with Crippen LogP contribution in [0.5, 0.6) is 0 Å². The predicted octanol–water partition coefficient (Wildman–Crippen LogP) is 0.774. The van der Waals surface area contributed by atoms with Crippen molar-refractivity contribution in [2.75, 3.05) is 31.7 Å². The molecular formula is C13H16N2O4.